The number of ether oxygens (including phenoxy) is 1. The largest absolute Gasteiger partial charge is 0.489 e. The van der Waals surface area contributed by atoms with Crippen LogP contribution in [-0.2, 0) is 23.4 Å². The highest BCUT2D eigenvalue weighted by molar-refractivity contribution is 7.99. The molecule has 6 aromatic rings. The molecule has 0 spiro atoms. The van der Waals surface area contributed by atoms with Gasteiger partial charge in [0, 0.05) is 39.0 Å². The number of anilines is 1. The van der Waals surface area contributed by atoms with Gasteiger partial charge in [0.25, 0.3) is 0 Å². The molecule has 1 atom stereocenters. The molecule has 0 fully saturated rings. The van der Waals surface area contributed by atoms with Crippen molar-refractivity contribution in [3.63, 3.8) is 0 Å². The van der Waals surface area contributed by atoms with Crippen LogP contribution in [0.25, 0.3) is 17.1 Å². The van der Waals surface area contributed by atoms with Crippen molar-refractivity contribution in [1.29, 1.82) is 0 Å². The summed E-state index contributed by atoms with van der Waals surface area (Å²) in [6, 6.07) is 40.1. The molecule has 5 aromatic carbocycles. The Morgan fingerprint density at radius 2 is 1.61 bits per heavy atom. The van der Waals surface area contributed by atoms with Gasteiger partial charge in [-0.25, -0.2) is 0 Å². The molecule has 51 heavy (non-hydrogen) atoms. The number of hydrogen-bond acceptors (Lipinski definition) is 6. The Hall–Kier alpha value is -5.05. The molecule has 1 aromatic heterocycles. The van der Waals surface area contributed by atoms with Crippen molar-refractivity contribution in [3.8, 4) is 22.8 Å². The van der Waals surface area contributed by atoms with Crippen LogP contribution in [0.1, 0.15) is 62.3 Å². The zero-order valence-electron chi connectivity index (χ0n) is 29.1. The maximum atomic E-state index is 11.6. The lowest BCUT2D eigenvalue weighted by molar-refractivity contribution is -0.138. The summed E-state index contributed by atoms with van der Waals surface area (Å²) in [6.07, 6.45) is 0.538. The third-order valence-corrected chi connectivity index (χ3v) is 9.90. The van der Waals surface area contributed by atoms with E-state index in [9.17, 15) is 9.90 Å². The summed E-state index contributed by atoms with van der Waals surface area (Å²) in [5.41, 5.74) is 6.89. The molecule has 0 bridgehead atoms. The number of rotatable bonds is 13. The van der Waals surface area contributed by atoms with E-state index in [1.54, 1.807) is 0 Å². The summed E-state index contributed by atoms with van der Waals surface area (Å²) in [5, 5.41) is 23.7. The van der Waals surface area contributed by atoms with Gasteiger partial charge < -0.3 is 15.2 Å². The molecule has 2 N–H and O–H groups in total. The van der Waals surface area contributed by atoms with E-state index in [2.05, 4.69) is 77.3 Å². The molecule has 7 nitrogen and oxygen atoms in total. The Kier molecular flexibility index (Phi) is 11.1. The van der Waals surface area contributed by atoms with Crippen LogP contribution in [0.4, 0.5) is 5.69 Å². The molecular weight excluding hydrogens is 676 g/mol. The molecule has 9 heteroatoms. The van der Waals surface area contributed by atoms with Gasteiger partial charge in [-0.2, -0.15) is 0 Å². The minimum atomic E-state index is -0.811. The van der Waals surface area contributed by atoms with Crippen molar-refractivity contribution in [2.45, 2.75) is 68.7 Å². The van der Waals surface area contributed by atoms with Crippen molar-refractivity contribution in [1.82, 2.24) is 14.8 Å². The predicted octanol–water partition coefficient (Wildman–Crippen LogP) is 10.8. The summed E-state index contributed by atoms with van der Waals surface area (Å²) in [7, 11) is 0. The minimum Gasteiger partial charge on any atom is -0.489 e. The van der Waals surface area contributed by atoms with Crippen LogP contribution >= 0.6 is 23.4 Å². The molecule has 0 saturated carbocycles. The van der Waals surface area contributed by atoms with Gasteiger partial charge in [0.15, 0.2) is 5.82 Å². The summed E-state index contributed by atoms with van der Waals surface area (Å²) in [4.78, 5) is 12.6. The van der Waals surface area contributed by atoms with Crippen molar-refractivity contribution in [2.75, 3.05) is 5.32 Å². The van der Waals surface area contributed by atoms with E-state index in [-0.39, 0.29) is 5.41 Å². The lowest BCUT2D eigenvalue weighted by atomic mass is 9.87. The minimum absolute atomic E-state index is 0.0379. The fourth-order valence-corrected chi connectivity index (χ4v) is 6.77. The molecule has 6 rings (SSSR count). The number of carboxylic acid groups (broad SMARTS) is 1. The second-order valence-corrected chi connectivity index (χ2v) is 14.8. The molecular formula is C42H41ClN4O3S. The smallest absolute Gasteiger partial charge is 0.310 e. The zero-order valence-corrected chi connectivity index (χ0v) is 30.7. The second-order valence-electron chi connectivity index (χ2n) is 13.4. The maximum absolute atomic E-state index is 11.6. The first kappa shape index (κ1) is 35.8. The van der Waals surface area contributed by atoms with E-state index in [0.29, 0.717) is 29.8 Å². The Morgan fingerprint density at radius 3 is 2.25 bits per heavy atom. The van der Waals surface area contributed by atoms with E-state index < -0.39 is 11.9 Å². The van der Waals surface area contributed by atoms with Crippen LogP contribution in [0, 0.1) is 0 Å². The van der Waals surface area contributed by atoms with Gasteiger partial charge in [-0.3, -0.25) is 9.36 Å². The molecule has 0 saturated heterocycles. The molecule has 0 aliphatic rings. The Labute approximate surface area is 308 Å². The first-order chi connectivity index (χ1) is 24.6. The van der Waals surface area contributed by atoms with E-state index in [4.69, 9.17) is 16.3 Å². The monoisotopic (exact) mass is 716 g/mol. The zero-order chi connectivity index (χ0) is 36.0. The van der Waals surface area contributed by atoms with Gasteiger partial charge in [0.1, 0.15) is 12.4 Å². The summed E-state index contributed by atoms with van der Waals surface area (Å²) >= 11 is 7.79. The highest BCUT2D eigenvalue weighted by Gasteiger charge is 2.20. The standard InChI is InChI=1S/C42H41ClN4O3S/c1-5-37(40(48)49)29-13-20-34(21-14-29)44-26-31-15-24-36(25-38(31)50-27-28-9-7-6-8-10-28)51-41-46-45-39(47(41)35-22-18-33(43)19-23-35)30-11-16-32(17-12-30)42(2,3)4/h6-25,37,44H,5,26-27H2,1-4H3,(H,48,49). The number of nitrogens with one attached hydrogen (secondary N) is 1. The number of aliphatic carboxylic acids is 1. The van der Waals surface area contributed by atoms with Crippen molar-refractivity contribution in [3.05, 3.63) is 149 Å². The van der Waals surface area contributed by atoms with Gasteiger partial charge >= 0.3 is 5.97 Å². The number of aromatic nitrogens is 3. The van der Waals surface area contributed by atoms with Crippen LogP contribution in [0.15, 0.2) is 131 Å². The SMILES string of the molecule is CCC(C(=O)O)c1ccc(NCc2ccc(Sc3nnc(-c4ccc(C(C)(C)C)cc4)n3-c3ccc(Cl)cc3)cc2OCc2ccccc2)cc1. The van der Waals surface area contributed by atoms with Crippen molar-refractivity contribution >= 4 is 35.0 Å². The number of benzene rings is 5. The fraction of sp³-hybridized carbons (Fsp3) is 0.214. The van der Waals surface area contributed by atoms with Crippen LogP contribution in [0.2, 0.25) is 5.02 Å². The number of carbonyl (C=O) groups is 1. The van der Waals surface area contributed by atoms with Gasteiger partial charge in [0.05, 0.1) is 5.92 Å². The fourth-order valence-electron chi connectivity index (χ4n) is 5.77. The van der Waals surface area contributed by atoms with E-state index in [0.717, 1.165) is 50.1 Å². The number of nitrogens with zero attached hydrogens (tertiary/aromatic N) is 3. The van der Waals surface area contributed by atoms with E-state index in [1.165, 1.54) is 17.3 Å². The Bertz CT molecular complexity index is 2080. The van der Waals surface area contributed by atoms with E-state index >= 15 is 0 Å². The van der Waals surface area contributed by atoms with Crippen LogP contribution in [0.3, 0.4) is 0 Å². The second kappa shape index (κ2) is 15.9. The normalized spacial score (nSPS) is 12.0. The third-order valence-electron chi connectivity index (χ3n) is 8.71. The highest BCUT2D eigenvalue weighted by atomic mass is 35.5. The lowest BCUT2D eigenvalue weighted by Crippen LogP contribution is -2.10. The average Bonchev–Trinajstić information content (AvgIpc) is 3.54. The quantitative estimate of drug-likeness (QED) is 0.123. The molecule has 0 aliphatic carbocycles. The van der Waals surface area contributed by atoms with Crippen LogP contribution in [0.5, 0.6) is 5.75 Å². The summed E-state index contributed by atoms with van der Waals surface area (Å²) < 4.78 is 8.51. The maximum Gasteiger partial charge on any atom is 0.310 e. The molecule has 1 unspecified atom stereocenters. The average molecular weight is 717 g/mol. The Balaban J connectivity index is 1.30. The molecule has 0 amide bonds. The van der Waals surface area contributed by atoms with Crippen LogP contribution in [-0.4, -0.2) is 25.8 Å². The molecule has 260 valence electrons. The Morgan fingerprint density at radius 1 is 0.902 bits per heavy atom. The third kappa shape index (κ3) is 8.82. The number of carboxylic acids is 1. The van der Waals surface area contributed by atoms with Gasteiger partial charge in [0.2, 0.25) is 5.16 Å². The summed E-state index contributed by atoms with van der Waals surface area (Å²) in [5.74, 6) is 0.160. The highest BCUT2D eigenvalue weighted by Crippen LogP contribution is 2.36. The van der Waals surface area contributed by atoms with Crippen molar-refractivity contribution in [2.24, 2.45) is 0 Å². The lowest BCUT2D eigenvalue weighted by Gasteiger charge is -2.19. The molecule has 0 radical (unpaired) electrons. The number of hydrogen-bond donors (Lipinski definition) is 2. The predicted molar refractivity (Wildman–Crippen MR) is 206 cm³/mol. The molecule has 0 aliphatic heterocycles. The van der Waals surface area contributed by atoms with Gasteiger partial charge in [-0.05, 0) is 88.8 Å². The summed E-state index contributed by atoms with van der Waals surface area (Å²) in [6.45, 7) is 9.42. The topological polar surface area (TPSA) is 89.3 Å². The van der Waals surface area contributed by atoms with Crippen LogP contribution < -0.4 is 10.1 Å². The molecule has 1 heterocycles. The van der Waals surface area contributed by atoms with Gasteiger partial charge in [-0.15, -0.1) is 10.2 Å². The van der Waals surface area contributed by atoms with E-state index in [1.807, 2.05) is 91.9 Å². The number of halogens is 1. The first-order valence-electron chi connectivity index (χ1n) is 17.0. The first-order valence-corrected chi connectivity index (χ1v) is 18.1. The van der Waals surface area contributed by atoms with Gasteiger partial charge in [-0.1, -0.05) is 112 Å². The van der Waals surface area contributed by atoms with Crippen molar-refractivity contribution < 1.29 is 14.6 Å².